The van der Waals surface area contributed by atoms with Gasteiger partial charge in [-0.2, -0.15) is 0 Å². The van der Waals surface area contributed by atoms with Gasteiger partial charge in [-0.3, -0.25) is 9.59 Å². The van der Waals surface area contributed by atoms with Crippen molar-refractivity contribution in [2.75, 3.05) is 6.61 Å². The average Bonchev–Trinajstić information content (AvgIpc) is 3.26. The van der Waals surface area contributed by atoms with E-state index in [0.29, 0.717) is 19.3 Å². The number of aliphatic hydroxyl groups is 2. The lowest BCUT2D eigenvalue weighted by Crippen LogP contribution is -2.46. The Hall–Kier alpha value is -1.92. The maximum Gasteiger partial charge on any atom is 0.306 e. The van der Waals surface area contributed by atoms with Crippen LogP contribution in [0.25, 0.3) is 0 Å². The average molecular weight is 872 g/mol. The minimum atomic E-state index is -0.790. The first-order chi connectivity index (χ1) is 30.5. The molecule has 0 radical (unpaired) electrons. The Balaban J connectivity index is 4.59. The Morgan fingerprint density at radius 1 is 0.468 bits per heavy atom. The van der Waals surface area contributed by atoms with Crippen LogP contribution in [-0.2, 0) is 14.3 Å². The third kappa shape index (κ3) is 44.7. The van der Waals surface area contributed by atoms with Crippen LogP contribution in [0.15, 0.2) is 36.5 Å². The molecule has 0 fully saturated rings. The Morgan fingerprint density at radius 3 is 1.27 bits per heavy atom. The summed E-state index contributed by atoms with van der Waals surface area (Å²) in [5.74, 6) is -0.490. The topological polar surface area (TPSA) is 95.9 Å². The van der Waals surface area contributed by atoms with Gasteiger partial charge in [0.25, 0.3) is 0 Å². The molecule has 0 heterocycles. The minimum Gasteiger partial charge on any atom is -0.462 e. The van der Waals surface area contributed by atoms with Gasteiger partial charge in [-0.05, 0) is 83.5 Å². The van der Waals surface area contributed by atoms with Gasteiger partial charge in [-0.1, -0.05) is 224 Å². The summed E-state index contributed by atoms with van der Waals surface area (Å²) < 4.78 is 5.94. The standard InChI is InChI=1S/C56H105NO5/c1-4-7-10-13-16-19-22-25-26-27-28-31-32-35-38-41-44-47-52(62-56(61)49-46-43-40-37-34-30-24-21-18-15-12-9-6-3)50-55(60)57-53(51-58)54(59)48-45-42-39-36-33-29-23-20-17-14-11-8-5-2/h16,19,25-26,30,34,52-54,58-59H,4-15,17-18,20-24,27-29,31-33,35-51H2,1-3H3,(H,57,60)/b19-16-,26-25-,34-30-. The van der Waals surface area contributed by atoms with E-state index in [2.05, 4.69) is 62.5 Å². The maximum atomic E-state index is 13.2. The predicted molar refractivity (Wildman–Crippen MR) is 269 cm³/mol. The zero-order chi connectivity index (χ0) is 45.2. The Morgan fingerprint density at radius 2 is 0.823 bits per heavy atom. The highest BCUT2D eigenvalue weighted by atomic mass is 16.5. The van der Waals surface area contributed by atoms with E-state index in [9.17, 15) is 19.8 Å². The molecule has 364 valence electrons. The van der Waals surface area contributed by atoms with Crippen molar-refractivity contribution in [2.45, 2.75) is 302 Å². The van der Waals surface area contributed by atoms with Crippen LogP contribution in [0.4, 0.5) is 0 Å². The summed E-state index contributed by atoms with van der Waals surface area (Å²) in [5, 5.41) is 23.8. The molecular weight excluding hydrogens is 767 g/mol. The Labute approximate surface area is 385 Å². The summed E-state index contributed by atoms with van der Waals surface area (Å²) in [6.45, 7) is 6.46. The molecule has 0 spiro atoms. The van der Waals surface area contributed by atoms with E-state index < -0.39 is 18.2 Å². The van der Waals surface area contributed by atoms with Crippen molar-refractivity contribution in [1.29, 1.82) is 0 Å². The summed E-state index contributed by atoms with van der Waals surface area (Å²) in [6, 6.07) is -0.705. The van der Waals surface area contributed by atoms with E-state index in [4.69, 9.17) is 4.74 Å². The van der Waals surface area contributed by atoms with E-state index in [-0.39, 0.29) is 24.9 Å². The van der Waals surface area contributed by atoms with Gasteiger partial charge < -0.3 is 20.3 Å². The van der Waals surface area contributed by atoms with Crippen molar-refractivity contribution in [2.24, 2.45) is 0 Å². The highest BCUT2D eigenvalue weighted by Crippen LogP contribution is 2.18. The molecular formula is C56H105NO5. The fourth-order valence-corrected chi connectivity index (χ4v) is 8.28. The molecule has 6 heteroatoms. The number of rotatable bonds is 49. The van der Waals surface area contributed by atoms with Crippen LogP contribution >= 0.6 is 0 Å². The second-order valence-electron chi connectivity index (χ2n) is 18.6. The summed E-state index contributed by atoms with van der Waals surface area (Å²) in [4.78, 5) is 26.2. The maximum absolute atomic E-state index is 13.2. The van der Waals surface area contributed by atoms with Crippen molar-refractivity contribution in [3.8, 4) is 0 Å². The molecule has 0 aliphatic carbocycles. The number of aliphatic hydroxyl groups excluding tert-OH is 2. The second-order valence-corrected chi connectivity index (χ2v) is 18.6. The van der Waals surface area contributed by atoms with Crippen molar-refractivity contribution < 1.29 is 24.5 Å². The van der Waals surface area contributed by atoms with Crippen LogP contribution in [0.1, 0.15) is 284 Å². The number of esters is 1. The van der Waals surface area contributed by atoms with Crippen LogP contribution in [0.2, 0.25) is 0 Å². The molecule has 0 aromatic carbocycles. The van der Waals surface area contributed by atoms with Gasteiger partial charge in [0, 0.05) is 6.42 Å². The van der Waals surface area contributed by atoms with Gasteiger partial charge in [0.2, 0.25) is 5.91 Å². The van der Waals surface area contributed by atoms with Crippen LogP contribution in [0.5, 0.6) is 0 Å². The highest BCUT2D eigenvalue weighted by Gasteiger charge is 2.24. The lowest BCUT2D eigenvalue weighted by Gasteiger charge is -2.24. The van der Waals surface area contributed by atoms with Crippen molar-refractivity contribution >= 4 is 11.9 Å². The molecule has 0 aliphatic rings. The summed E-state index contributed by atoms with van der Waals surface area (Å²) >= 11 is 0. The number of ether oxygens (including phenoxy) is 1. The van der Waals surface area contributed by atoms with Gasteiger partial charge in [0.05, 0.1) is 25.2 Å². The van der Waals surface area contributed by atoms with Crippen LogP contribution in [-0.4, -0.2) is 46.9 Å². The van der Waals surface area contributed by atoms with Crippen LogP contribution < -0.4 is 5.32 Å². The molecule has 0 aromatic rings. The fourth-order valence-electron chi connectivity index (χ4n) is 8.28. The number of allylic oxidation sites excluding steroid dienone is 6. The van der Waals surface area contributed by atoms with E-state index in [1.54, 1.807) is 0 Å². The Kier molecular flexibility index (Phi) is 48.5. The van der Waals surface area contributed by atoms with Gasteiger partial charge in [-0.15, -0.1) is 0 Å². The Bertz CT molecular complexity index is 1020. The zero-order valence-corrected chi connectivity index (χ0v) is 41.5. The van der Waals surface area contributed by atoms with Gasteiger partial charge in [0.1, 0.15) is 6.10 Å². The number of hydrogen-bond acceptors (Lipinski definition) is 5. The monoisotopic (exact) mass is 872 g/mol. The first-order valence-corrected chi connectivity index (χ1v) is 27.2. The molecule has 3 atom stereocenters. The van der Waals surface area contributed by atoms with E-state index in [0.717, 1.165) is 77.0 Å². The lowest BCUT2D eigenvalue weighted by atomic mass is 10.0. The largest absolute Gasteiger partial charge is 0.462 e. The number of carbonyl (C=O) groups excluding carboxylic acids is 2. The third-order valence-corrected chi connectivity index (χ3v) is 12.4. The quantitative estimate of drug-likeness (QED) is 0.0321. The summed E-state index contributed by atoms with van der Waals surface area (Å²) in [5.41, 5.74) is 0. The molecule has 0 rings (SSSR count). The van der Waals surface area contributed by atoms with Crippen molar-refractivity contribution in [3.05, 3.63) is 36.5 Å². The number of unbranched alkanes of at least 4 members (excludes halogenated alkanes) is 31. The number of nitrogens with one attached hydrogen (secondary N) is 1. The van der Waals surface area contributed by atoms with Gasteiger partial charge in [-0.25, -0.2) is 0 Å². The zero-order valence-electron chi connectivity index (χ0n) is 41.5. The molecule has 6 nitrogen and oxygen atoms in total. The van der Waals surface area contributed by atoms with E-state index >= 15 is 0 Å². The lowest BCUT2D eigenvalue weighted by molar-refractivity contribution is -0.151. The smallest absolute Gasteiger partial charge is 0.306 e. The fraction of sp³-hybridized carbons (Fsp3) is 0.857. The molecule has 3 N–H and O–H groups in total. The predicted octanol–water partition coefficient (Wildman–Crippen LogP) is 16.5. The first kappa shape index (κ1) is 60.1. The minimum absolute atomic E-state index is 0.0687. The molecule has 0 bridgehead atoms. The van der Waals surface area contributed by atoms with E-state index in [1.165, 1.54) is 161 Å². The van der Waals surface area contributed by atoms with Crippen molar-refractivity contribution in [3.63, 3.8) is 0 Å². The first-order valence-electron chi connectivity index (χ1n) is 27.2. The molecule has 0 saturated carbocycles. The molecule has 3 unspecified atom stereocenters. The SMILES string of the molecule is CCCCC/C=C\C/C=C\CCCCCCCCCC(CC(=O)NC(CO)C(O)CCCCCCCCCCCCCCC)OC(=O)CCCCC/C=C\CCCCCCCC. The molecule has 0 aromatic heterocycles. The number of hydrogen-bond donors (Lipinski definition) is 3. The van der Waals surface area contributed by atoms with E-state index in [1.807, 2.05) is 0 Å². The normalized spacial score (nSPS) is 13.4. The van der Waals surface area contributed by atoms with Crippen molar-refractivity contribution in [1.82, 2.24) is 5.32 Å². The van der Waals surface area contributed by atoms with Gasteiger partial charge in [0.15, 0.2) is 0 Å². The van der Waals surface area contributed by atoms with Crippen LogP contribution in [0.3, 0.4) is 0 Å². The second kappa shape index (κ2) is 50.1. The molecule has 0 saturated heterocycles. The molecule has 62 heavy (non-hydrogen) atoms. The summed E-state index contributed by atoms with van der Waals surface area (Å²) in [6.07, 6.45) is 59.1. The highest BCUT2D eigenvalue weighted by molar-refractivity contribution is 5.77. The molecule has 1 amide bonds. The number of amides is 1. The molecule has 0 aliphatic heterocycles. The third-order valence-electron chi connectivity index (χ3n) is 12.4. The van der Waals surface area contributed by atoms with Gasteiger partial charge >= 0.3 is 5.97 Å². The number of carbonyl (C=O) groups is 2. The van der Waals surface area contributed by atoms with Crippen LogP contribution in [0, 0.1) is 0 Å². The summed E-state index contributed by atoms with van der Waals surface area (Å²) in [7, 11) is 0.